The molecule has 1 aromatic carbocycles. The molecule has 1 aliphatic heterocycles. The zero-order chi connectivity index (χ0) is 18.8. The molecule has 0 saturated heterocycles. The van der Waals surface area contributed by atoms with Gasteiger partial charge in [0.05, 0.1) is 6.04 Å². The highest BCUT2D eigenvalue weighted by Gasteiger charge is 2.55. The summed E-state index contributed by atoms with van der Waals surface area (Å²) in [5.41, 5.74) is 1.34. The Morgan fingerprint density at radius 2 is 1.80 bits per heavy atom. The number of para-hydroxylation sites is 1. The lowest BCUT2D eigenvalue weighted by Crippen LogP contribution is -2.65. The number of amides is 3. The van der Waals surface area contributed by atoms with Gasteiger partial charge < -0.3 is 15.7 Å². The smallest absolute Gasteiger partial charge is 0.435 e. The number of nitrogens with one attached hydrogen (secondary N) is 2. The van der Waals surface area contributed by atoms with E-state index in [1.54, 1.807) is 40.0 Å². The van der Waals surface area contributed by atoms with Crippen molar-refractivity contribution in [1.29, 1.82) is 0 Å². The number of fused-ring (bicyclic) bond motifs is 1. The summed E-state index contributed by atoms with van der Waals surface area (Å²) in [6.45, 7) is 5.44. The number of benzene rings is 1. The first kappa shape index (κ1) is 19.1. The summed E-state index contributed by atoms with van der Waals surface area (Å²) in [4.78, 5) is 37.7. The monoisotopic (exact) mass is 348 g/mol. The van der Waals surface area contributed by atoms with Gasteiger partial charge in [-0.3, -0.25) is 4.79 Å². The molecule has 0 radical (unpaired) electrons. The standard InChI is InChI=1S/C18H25N3O4/c1-11(2)15(20-16(22)12(3)19-4)17(23)21(18(24)25)10-9-13-7-5-6-8-14(13)21/h5-8,11-12,15,19H,9-10H2,1-4H3,(H-,20,22,24,25)/p+1. The Balaban J connectivity index is 2.43. The summed E-state index contributed by atoms with van der Waals surface area (Å²) in [6, 6.07) is 5.74. The van der Waals surface area contributed by atoms with Gasteiger partial charge in [-0.15, -0.1) is 4.48 Å². The van der Waals surface area contributed by atoms with E-state index >= 15 is 0 Å². The van der Waals surface area contributed by atoms with Gasteiger partial charge in [0, 0.05) is 18.1 Å². The van der Waals surface area contributed by atoms with E-state index in [9.17, 15) is 19.5 Å². The van der Waals surface area contributed by atoms with Crippen molar-refractivity contribution in [3.8, 4) is 0 Å². The second-order valence-corrected chi connectivity index (χ2v) is 6.77. The first-order valence-electron chi connectivity index (χ1n) is 8.47. The Labute approximate surface area is 147 Å². The van der Waals surface area contributed by atoms with Crippen molar-refractivity contribution in [2.75, 3.05) is 13.6 Å². The van der Waals surface area contributed by atoms with E-state index in [1.165, 1.54) is 0 Å². The van der Waals surface area contributed by atoms with E-state index in [0.29, 0.717) is 12.1 Å². The van der Waals surface area contributed by atoms with Gasteiger partial charge in [0.25, 0.3) is 0 Å². The molecule has 0 bridgehead atoms. The van der Waals surface area contributed by atoms with Crippen LogP contribution >= 0.6 is 0 Å². The summed E-state index contributed by atoms with van der Waals surface area (Å²) in [6.07, 6.45) is -0.698. The number of nitrogens with zero attached hydrogens (tertiary/aromatic N) is 1. The molecule has 2 rings (SSSR count). The number of hydrogen-bond donors (Lipinski definition) is 3. The van der Waals surface area contributed by atoms with Gasteiger partial charge in [-0.1, -0.05) is 32.0 Å². The van der Waals surface area contributed by atoms with E-state index in [2.05, 4.69) is 10.6 Å². The predicted octanol–water partition coefficient (Wildman–Crippen LogP) is 1.50. The van der Waals surface area contributed by atoms with E-state index < -0.39 is 28.6 Å². The van der Waals surface area contributed by atoms with Gasteiger partial charge in [-0.2, -0.15) is 4.79 Å². The molecular weight excluding hydrogens is 322 g/mol. The van der Waals surface area contributed by atoms with Crippen LogP contribution in [0.4, 0.5) is 10.5 Å². The van der Waals surface area contributed by atoms with Crippen LogP contribution in [-0.4, -0.2) is 48.7 Å². The van der Waals surface area contributed by atoms with Crippen LogP contribution in [0.15, 0.2) is 24.3 Å². The minimum atomic E-state index is -1.21. The molecule has 1 aliphatic rings. The number of likely N-dealkylation sites (N-methyl/N-ethyl adjacent to an activating group) is 1. The first-order chi connectivity index (χ1) is 11.8. The van der Waals surface area contributed by atoms with E-state index in [1.807, 2.05) is 12.1 Å². The average molecular weight is 348 g/mol. The van der Waals surface area contributed by atoms with Crippen molar-refractivity contribution in [2.45, 2.75) is 39.3 Å². The quantitative estimate of drug-likeness (QED) is 0.701. The van der Waals surface area contributed by atoms with Crippen LogP contribution in [0, 0.1) is 5.92 Å². The molecule has 1 aromatic rings. The minimum absolute atomic E-state index is 0.161. The van der Waals surface area contributed by atoms with Crippen LogP contribution in [0.2, 0.25) is 0 Å². The molecule has 0 aromatic heterocycles. The number of carbonyl (C=O) groups excluding carboxylic acids is 2. The fourth-order valence-corrected chi connectivity index (χ4v) is 3.19. The maximum atomic E-state index is 13.3. The Hall–Kier alpha value is -2.25. The predicted molar refractivity (Wildman–Crippen MR) is 95.1 cm³/mol. The number of imide groups is 1. The topological polar surface area (TPSA) is 95.5 Å². The molecule has 25 heavy (non-hydrogen) atoms. The van der Waals surface area contributed by atoms with E-state index in [-0.39, 0.29) is 18.4 Å². The Morgan fingerprint density at radius 1 is 1.16 bits per heavy atom. The van der Waals surface area contributed by atoms with Crippen molar-refractivity contribution in [3.63, 3.8) is 0 Å². The maximum Gasteiger partial charge on any atom is 0.526 e. The SMILES string of the molecule is CNC(C)C(=O)NC(C(=O)[N+]1(C(=O)O)CCc2ccccc21)C(C)C. The van der Waals surface area contributed by atoms with Crippen molar-refractivity contribution in [1.82, 2.24) is 15.1 Å². The number of carbonyl (C=O) groups is 3. The van der Waals surface area contributed by atoms with Gasteiger partial charge in [0.2, 0.25) is 5.91 Å². The molecule has 0 spiro atoms. The molecule has 3 N–H and O–H groups in total. The van der Waals surface area contributed by atoms with Crippen LogP contribution in [0.5, 0.6) is 0 Å². The third-order valence-electron chi connectivity index (χ3n) is 4.88. The highest BCUT2D eigenvalue weighted by atomic mass is 16.4. The van der Waals surface area contributed by atoms with Crippen molar-refractivity contribution < 1.29 is 19.5 Å². The highest BCUT2D eigenvalue weighted by molar-refractivity contribution is 6.10. The summed E-state index contributed by atoms with van der Waals surface area (Å²) in [7, 11) is 1.65. The summed E-state index contributed by atoms with van der Waals surface area (Å²) in [5.74, 6) is -1.07. The maximum absolute atomic E-state index is 13.3. The van der Waals surface area contributed by atoms with Crippen molar-refractivity contribution in [2.24, 2.45) is 5.92 Å². The number of hydrogen-bond acceptors (Lipinski definition) is 4. The Kier molecular flexibility index (Phi) is 5.59. The molecule has 1 heterocycles. The molecule has 0 saturated carbocycles. The van der Waals surface area contributed by atoms with Gasteiger partial charge in [-0.05, 0) is 19.9 Å². The number of quaternary nitrogens is 1. The number of rotatable bonds is 5. The molecule has 3 amide bonds. The summed E-state index contributed by atoms with van der Waals surface area (Å²) >= 11 is 0. The average Bonchev–Trinajstić information content (AvgIpc) is 2.98. The lowest BCUT2D eigenvalue weighted by molar-refractivity contribution is -0.135. The normalized spacial score (nSPS) is 21.5. The van der Waals surface area contributed by atoms with E-state index in [4.69, 9.17) is 0 Å². The van der Waals surface area contributed by atoms with Gasteiger partial charge >= 0.3 is 12.0 Å². The van der Waals surface area contributed by atoms with Crippen LogP contribution in [0.1, 0.15) is 26.3 Å². The lowest BCUT2D eigenvalue weighted by Gasteiger charge is -2.31. The van der Waals surface area contributed by atoms with Crippen LogP contribution in [0.3, 0.4) is 0 Å². The molecule has 136 valence electrons. The van der Waals surface area contributed by atoms with Crippen LogP contribution < -0.4 is 15.1 Å². The minimum Gasteiger partial charge on any atom is -0.435 e. The van der Waals surface area contributed by atoms with Gasteiger partial charge in [-0.25, -0.2) is 4.79 Å². The molecule has 3 unspecified atom stereocenters. The second kappa shape index (κ2) is 7.33. The molecule has 3 atom stereocenters. The third-order valence-corrected chi connectivity index (χ3v) is 4.88. The molecular formula is C18H26N3O4+. The van der Waals surface area contributed by atoms with Crippen molar-refractivity contribution in [3.05, 3.63) is 29.8 Å². The fourth-order valence-electron chi connectivity index (χ4n) is 3.19. The summed E-state index contributed by atoms with van der Waals surface area (Å²) in [5, 5.41) is 15.5. The lowest BCUT2D eigenvalue weighted by atomic mass is 10.0. The van der Waals surface area contributed by atoms with Crippen molar-refractivity contribution >= 4 is 23.6 Å². The zero-order valence-electron chi connectivity index (χ0n) is 15.1. The number of carboxylic acid groups (broad SMARTS) is 1. The first-order valence-corrected chi connectivity index (χ1v) is 8.47. The largest absolute Gasteiger partial charge is 0.526 e. The summed E-state index contributed by atoms with van der Waals surface area (Å²) < 4.78 is -0.771. The van der Waals surface area contributed by atoms with Gasteiger partial charge in [0.15, 0.2) is 5.69 Å². The highest BCUT2D eigenvalue weighted by Crippen LogP contribution is 2.36. The second-order valence-electron chi connectivity index (χ2n) is 6.77. The third kappa shape index (κ3) is 3.29. The fraction of sp³-hybridized carbons (Fsp3) is 0.500. The Morgan fingerprint density at radius 3 is 2.36 bits per heavy atom. The Bertz CT molecular complexity index is 689. The van der Waals surface area contributed by atoms with Crippen LogP contribution in [0.25, 0.3) is 0 Å². The zero-order valence-corrected chi connectivity index (χ0v) is 15.1. The molecule has 7 nitrogen and oxygen atoms in total. The molecule has 0 aliphatic carbocycles. The molecule has 0 fully saturated rings. The molecule has 7 heteroatoms. The van der Waals surface area contributed by atoms with Crippen LogP contribution in [-0.2, 0) is 16.0 Å². The van der Waals surface area contributed by atoms with Gasteiger partial charge in [0.1, 0.15) is 12.6 Å². The van der Waals surface area contributed by atoms with E-state index in [0.717, 1.165) is 5.56 Å².